The van der Waals surface area contributed by atoms with Crippen molar-refractivity contribution in [2.24, 2.45) is 16.8 Å². The van der Waals surface area contributed by atoms with Gasteiger partial charge in [-0.25, -0.2) is 0 Å². The summed E-state index contributed by atoms with van der Waals surface area (Å²) in [6, 6.07) is 12.2. The van der Waals surface area contributed by atoms with Crippen LogP contribution in [0.5, 0.6) is 0 Å². The fourth-order valence-corrected chi connectivity index (χ4v) is 3.62. The van der Waals surface area contributed by atoms with Crippen LogP contribution in [-0.4, -0.2) is 5.16 Å². The van der Waals surface area contributed by atoms with Gasteiger partial charge in [0.25, 0.3) is 0 Å². The number of hydrogen-bond donors (Lipinski definition) is 0. The fourth-order valence-electron chi connectivity index (χ4n) is 3.52. The summed E-state index contributed by atoms with van der Waals surface area (Å²) in [5, 5.41) is 2.41. The van der Waals surface area contributed by atoms with E-state index < -0.39 is 0 Å². The average molecular weight is 384 g/mol. The third-order valence-corrected chi connectivity index (χ3v) is 5.46. The topological polar surface area (TPSA) is 12.4 Å². The Labute approximate surface area is 174 Å². The molecular weight excluding hydrogens is 358 g/mol. The monoisotopic (exact) mass is 383 g/mol. The van der Waals surface area contributed by atoms with Crippen molar-refractivity contribution in [2.45, 2.75) is 46.5 Å². The van der Waals surface area contributed by atoms with Crippen LogP contribution in [0.4, 0.5) is 5.69 Å². The molecule has 1 aliphatic carbocycles. The molecule has 140 valence electrons. The minimum atomic E-state index is 0.559. The number of aliphatic imine (C=N–C) groups is 1. The van der Waals surface area contributed by atoms with E-state index in [4.69, 9.17) is 0 Å². The molecule has 1 nitrogen and oxygen atoms in total. The molecule has 0 saturated heterocycles. The first-order valence-corrected chi connectivity index (χ1v) is 10.3. The van der Waals surface area contributed by atoms with Gasteiger partial charge in [-0.05, 0) is 105 Å². The minimum Gasteiger partial charge on any atom is -0.194 e. The SMILES string of the molecule is Cc1cc(C#Cc2ccc(N=C=S)c(C)c2)ccc1C#CC1CCC(C)CC1. The highest BCUT2D eigenvalue weighted by Crippen LogP contribution is 2.27. The van der Waals surface area contributed by atoms with Gasteiger partial charge in [0.1, 0.15) is 0 Å². The molecule has 0 atom stereocenters. The number of isothiocyanates is 1. The molecule has 1 aliphatic rings. The van der Waals surface area contributed by atoms with E-state index in [0.29, 0.717) is 5.92 Å². The Kier molecular flexibility index (Phi) is 6.84. The quantitative estimate of drug-likeness (QED) is 0.306. The molecule has 3 rings (SSSR count). The molecule has 0 heterocycles. The van der Waals surface area contributed by atoms with Crippen LogP contribution < -0.4 is 0 Å². The van der Waals surface area contributed by atoms with Gasteiger partial charge in [0.2, 0.25) is 0 Å². The second-order valence-electron chi connectivity index (χ2n) is 7.71. The molecule has 0 spiro atoms. The minimum absolute atomic E-state index is 0.559. The van der Waals surface area contributed by atoms with Crippen LogP contribution >= 0.6 is 12.2 Å². The highest BCUT2D eigenvalue weighted by atomic mass is 32.1. The molecule has 28 heavy (non-hydrogen) atoms. The third-order valence-electron chi connectivity index (χ3n) is 5.37. The number of nitrogens with zero attached hydrogens (tertiary/aromatic N) is 1. The van der Waals surface area contributed by atoms with Gasteiger partial charge in [0, 0.05) is 22.6 Å². The van der Waals surface area contributed by atoms with Gasteiger partial charge in [-0.3, -0.25) is 0 Å². The van der Waals surface area contributed by atoms with Crippen molar-refractivity contribution < 1.29 is 0 Å². The van der Waals surface area contributed by atoms with Crippen LogP contribution in [0.2, 0.25) is 0 Å². The van der Waals surface area contributed by atoms with Crippen molar-refractivity contribution in [2.75, 3.05) is 0 Å². The van der Waals surface area contributed by atoms with E-state index in [1.54, 1.807) is 0 Å². The van der Waals surface area contributed by atoms with Crippen molar-refractivity contribution >= 4 is 23.1 Å². The van der Waals surface area contributed by atoms with E-state index in [2.05, 4.69) is 78.1 Å². The van der Waals surface area contributed by atoms with Gasteiger partial charge in [0.15, 0.2) is 0 Å². The maximum atomic E-state index is 4.67. The Morgan fingerprint density at radius 3 is 2.11 bits per heavy atom. The first-order valence-electron chi connectivity index (χ1n) is 9.88. The Morgan fingerprint density at radius 1 is 0.857 bits per heavy atom. The lowest BCUT2D eigenvalue weighted by molar-refractivity contribution is 0.337. The van der Waals surface area contributed by atoms with Crippen LogP contribution in [0.1, 0.15) is 60.4 Å². The molecule has 2 aromatic rings. The zero-order chi connectivity index (χ0) is 19.9. The highest BCUT2D eigenvalue weighted by Gasteiger charge is 2.15. The van der Waals surface area contributed by atoms with Crippen molar-refractivity contribution in [1.82, 2.24) is 0 Å². The smallest absolute Gasteiger partial charge is 0.0769 e. The average Bonchev–Trinajstić information content (AvgIpc) is 2.69. The van der Waals surface area contributed by atoms with Crippen molar-refractivity contribution in [3.05, 3.63) is 64.2 Å². The van der Waals surface area contributed by atoms with E-state index in [1.165, 1.54) is 31.2 Å². The molecule has 1 saturated carbocycles. The Hall–Kier alpha value is -2.64. The molecule has 0 amide bonds. The number of hydrogen-bond acceptors (Lipinski definition) is 2. The van der Waals surface area contributed by atoms with Crippen molar-refractivity contribution in [3.63, 3.8) is 0 Å². The summed E-state index contributed by atoms with van der Waals surface area (Å²) in [5.41, 5.74) is 6.16. The molecule has 0 unspecified atom stereocenters. The van der Waals surface area contributed by atoms with E-state index in [-0.39, 0.29) is 0 Å². The van der Waals surface area contributed by atoms with Crippen molar-refractivity contribution in [1.29, 1.82) is 0 Å². The third kappa shape index (κ3) is 5.43. The highest BCUT2D eigenvalue weighted by molar-refractivity contribution is 7.78. The van der Waals surface area contributed by atoms with Crippen LogP contribution in [0.3, 0.4) is 0 Å². The predicted molar refractivity (Wildman–Crippen MR) is 121 cm³/mol. The Bertz CT molecular complexity index is 1030. The lowest BCUT2D eigenvalue weighted by atomic mass is 9.83. The summed E-state index contributed by atoms with van der Waals surface area (Å²) in [4.78, 5) is 4.05. The van der Waals surface area contributed by atoms with Gasteiger partial charge < -0.3 is 0 Å². The maximum Gasteiger partial charge on any atom is 0.0769 e. The lowest BCUT2D eigenvalue weighted by Gasteiger charge is -2.22. The molecule has 0 radical (unpaired) electrons. The van der Waals surface area contributed by atoms with Gasteiger partial charge >= 0.3 is 0 Å². The Morgan fingerprint density at radius 2 is 1.50 bits per heavy atom. The van der Waals surface area contributed by atoms with Crippen LogP contribution in [0.15, 0.2) is 41.4 Å². The summed E-state index contributed by atoms with van der Waals surface area (Å²) in [5.74, 6) is 14.8. The summed E-state index contributed by atoms with van der Waals surface area (Å²) in [6.07, 6.45) is 5.10. The first kappa shape index (κ1) is 20.1. The molecule has 2 aromatic carbocycles. The van der Waals surface area contributed by atoms with E-state index >= 15 is 0 Å². The summed E-state index contributed by atoms with van der Waals surface area (Å²) >= 11 is 4.67. The van der Waals surface area contributed by atoms with Crippen LogP contribution in [-0.2, 0) is 0 Å². The van der Waals surface area contributed by atoms with Crippen LogP contribution in [0.25, 0.3) is 0 Å². The van der Waals surface area contributed by atoms with Gasteiger partial charge in [0.05, 0.1) is 10.8 Å². The van der Waals surface area contributed by atoms with Gasteiger partial charge in [-0.2, -0.15) is 4.99 Å². The van der Waals surface area contributed by atoms with Crippen molar-refractivity contribution in [3.8, 4) is 23.7 Å². The molecule has 2 heteroatoms. The molecule has 0 bridgehead atoms. The number of aryl methyl sites for hydroxylation is 2. The van der Waals surface area contributed by atoms with E-state index in [0.717, 1.165) is 33.9 Å². The second-order valence-corrected chi connectivity index (χ2v) is 7.89. The molecule has 0 N–H and O–H groups in total. The lowest BCUT2D eigenvalue weighted by Crippen LogP contribution is -2.10. The first-order chi connectivity index (χ1) is 13.5. The summed E-state index contributed by atoms with van der Waals surface area (Å²) in [7, 11) is 0. The zero-order valence-electron chi connectivity index (χ0n) is 16.8. The summed E-state index contributed by atoms with van der Waals surface area (Å²) < 4.78 is 0. The fraction of sp³-hybridized carbons (Fsp3) is 0.346. The van der Waals surface area contributed by atoms with Crippen LogP contribution in [0, 0.1) is 49.4 Å². The van der Waals surface area contributed by atoms with Gasteiger partial charge in [-0.15, -0.1) is 0 Å². The second kappa shape index (κ2) is 9.52. The molecule has 0 aliphatic heterocycles. The predicted octanol–water partition coefficient (Wildman–Crippen LogP) is 6.62. The number of benzene rings is 2. The molecule has 1 fully saturated rings. The molecule has 0 aromatic heterocycles. The van der Waals surface area contributed by atoms with E-state index in [9.17, 15) is 0 Å². The molecular formula is C26H25NS. The Balaban J connectivity index is 1.72. The van der Waals surface area contributed by atoms with Gasteiger partial charge in [-0.1, -0.05) is 30.6 Å². The normalized spacial score (nSPS) is 18.1. The maximum absolute atomic E-state index is 4.67. The largest absolute Gasteiger partial charge is 0.194 e. The number of rotatable bonds is 1. The summed E-state index contributed by atoms with van der Waals surface area (Å²) in [6.45, 7) is 6.46. The van der Waals surface area contributed by atoms with E-state index in [1.807, 2.05) is 25.1 Å². The zero-order valence-corrected chi connectivity index (χ0v) is 17.6. The standard InChI is InChI=1S/C26H25NS/c1-19-4-6-22(7-5-19)10-13-25-14-11-23(16-20(25)2)8-9-24-12-15-26(27-18-28)21(3)17-24/h11-12,14-17,19,22H,4-7H2,1-3H3. The number of thiocarbonyl (C=S) groups is 1.